The molecule has 4 heteroatoms. The van der Waals surface area contributed by atoms with Gasteiger partial charge in [0.15, 0.2) is 0 Å². The molecule has 0 aromatic heterocycles. The van der Waals surface area contributed by atoms with Gasteiger partial charge in [0.05, 0.1) is 13.7 Å². The second kappa shape index (κ2) is 6.26. The van der Waals surface area contributed by atoms with Crippen molar-refractivity contribution in [3.8, 4) is 11.5 Å². The Morgan fingerprint density at radius 3 is 2.63 bits per heavy atom. The molecule has 1 aliphatic carbocycles. The van der Waals surface area contributed by atoms with Gasteiger partial charge in [-0.1, -0.05) is 19.3 Å². The summed E-state index contributed by atoms with van der Waals surface area (Å²) in [6.45, 7) is 0.696. The second-order valence-corrected chi connectivity index (χ2v) is 5.35. The molecule has 0 amide bonds. The van der Waals surface area contributed by atoms with Crippen molar-refractivity contribution in [3.63, 3.8) is 0 Å². The van der Waals surface area contributed by atoms with Gasteiger partial charge >= 0.3 is 0 Å². The van der Waals surface area contributed by atoms with Gasteiger partial charge in [-0.05, 0) is 31.0 Å². The summed E-state index contributed by atoms with van der Waals surface area (Å²) < 4.78 is 5.16. The molecule has 0 heterocycles. The highest BCUT2D eigenvalue weighted by molar-refractivity contribution is 5.39. The Bertz CT molecular complexity index is 414. The number of aliphatic hydroxyl groups is 1. The van der Waals surface area contributed by atoms with Crippen LogP contribution < -0.4 is 10.1 Å². The predicted molar refractivity (Wildman–Crippen MR) is 74.4 cm³/mol. The van der Waals surface area contributed by atoms with Gasteiger partial charge in [0.25, 0.3) is 0 Å². The molecule has 0 unspecified atom stereocenters. The van der Waals surface area contributed by atoms with Crippen LogP contribution in [0, 0.1) is 0 Å². The largest absolute Gasteiger partial charge is 0.508 e. The number of phenols is 1. The third-order valence-electron chi connectivity index (χ3n) is 4.05. The average Bonchev–Trinajstić information content (AvgIpc) is 2.47. The molecule has 0 aliphatic heterocycles. The van der Waals surface area contributed by atoms with Crippen LogP contribution in [-0.4, -0.2) is 29.5 Å². The minimum absolute atomic E-state index is 0.151. The predicted octanol–water partition coefficient (Wildman–Crippen LogP) is 2.19. The molecule has 0 spiro atoms. The molecular formula is C15H23NO3. The summed E-state index contributed by atoms with van der Waals surface area (Å²) >= 11 is 0. The third kappa shape index (κ3) is 3.39. The summed E-state index contributed by atoms with van der Waals surface area (Å²) in [5.74, 6) is 0.994. The average molecular weight is 265 g/mol. The number of nitrogens with one attached hydrogen (secondary N) is 1. The van der Waals surface area contributed by atoms with Gasteiger partial charge in [0.1, 0.15) is 11.5 Å². The Labute approximate surface area is 114 Å². The molecule has 4 nitrogen and oxygen atoms in total. The maximum Gasteiger partial charge on any atom is 0.120 e. The highest BCUT2D eigenvalue weighted by Crippen LogP contribution is 2.29. The maximum absolute atomic E-state index is 9.86. The number of benzene rings is 1. The van der Waals surface area contributed by atoms with E-state index in [2.05, 4.69) is 5.32 Å². The fourth-order valence-electron chi connectivity index (χ4n) is 2.73. The van der Waals surface area contributed by atoms with Crippen molar-refractivity contribution in [3.05, 3.63) is 23.8 Å². The molecule has 1 fully saturated rings. The van der Waals surface area contributed by atoms with Crippen LogP contribution in [0.1, 0.15) is 37.7 Å². The van der Waals surface area contributed by atoms with Crippen molar-refractivity contribution in [2.75, 3.05) is 13.7 Å². The Hall–Kier alpha value is -1.26. The fourth-order valence-corrected chi connectivity index (χ4v) is 2.73. The third-order valence-corrected chi connectivity index (χ3v) is 4.05. The van der Waals surface area contributed by atoms with E-state index >= 15 is 0 Å². The molecule has 1 saturated carbocycles. The molecule has 0 bridgehead atoms. The highest BCUT2D eigenvalue weighted by atomic mass is 16.5. The standard InChI is InChI=1S/C15H23NO3/c1-19-13-5-6-14(18)12(9-13)10-16-15(11-17)7-3-2-4-8-15/h5-6,9,16-18H,2-4,7-8,10-11H2,1H3. The van der Waals surface area contributed by atoms with Gasteiger partial charge in [0.2, 0.25) is 0 Å². The number of rotatable bonds is 5. The lowest BCUT2D eigenvalue weighted by Gasteiger charge is -2.36. The smallest absolute Gasteiger partial charge is 0.120 e. The SMILES string of the molecule is COc1ccc(O)c(CNC2(CO)CCCCC2)c1. The molecule has 0 atom stereocenters. The molecule has 0 saturated heterocycles. The van der Waals surface area contributed by atoms with Crippen molar-refractivity contribution in [2.45, 2.75) is 44.2 Å². The van der Waals surface area contributed by atoms with Gasteiger partial charge < -0.3 is 20.3 Å². The number of hydrogen-bond donors (Lipinski definition) is 3. The van der Waals surface area contributed by atoms with Crippen LogP contribution in [0.4, 0.5) is 0 Å². The first-order valence-electron chi connectivity index (χ1n) is 6.91. The van der Waals surface area contributed by atoms with Gasteiger partial charge in [-0.3, -0.25) is 0 Å². The number of phenolic OH excluding ortho intramolecular Hbond substituents is 1. The summed E-state index contributed by atoms with van der Waals surface area (Å²) in [5, 5.41) is 22.9. The molecule has 0 radical (unpaired) electrons. The van der Waals surface area contributed by atoms with E-state index in [1.54, 1.807) is 19.2 Å². The number of aliphatic hydroxyl groups excluding tert-OH is 1. The van der Waals surface area contributed by atoms with Gasteiger partial charge in [-0.15, -0.1) is 0 Å². The van der Waals surface area contributed by atoms with Crippen LogP contribution in [0.2, 0.25) is 0 Å². The van der Waals surface area contributed by atoms with E-state index in [1.165, 1.54) is 6.42 Å². The number of hydrogen-bond acceptors (Lipinski definition) is 4. The Balaban J connectivity index is 2.04. The van der Waals surface area contributed by atoms with Gasteiger partial charge in [-0.2, -0.15) is 0 Å². The zero-order valence-electron chi connectivity index (χ0n) is 11.5. The molecule has 1 aliphatic rings. The molecule has 2 rings (SSSR count). The van der Waals surface area contributed by atoms with E-state index in [-0.39, 0.29) is 17.9 Å². The monoisotopic (exact) mass is 265 g/mol. The maximum atomic E-state index is 9.86. The van der Waals surface area contributed by atoms with E-state index in [1.807, 2.05) is 6.07 Å². The molecular weight excluding hydrogens is 242 g/mol. The highest BCUT2D eigenvalue weighted by Gasteiger charge is 2.30. The second-order valence-electron chi connectivity index (χ2n) is 5.35. The van der Waals surface area contributed by atoms with Gasteiger partial charge in [0, 0.05) is 17.6 Å². The van der Waals surface area contributed by atoms with E-state index in [0.29, 0.717) is 6.54 Å². The van der Waals surface area contributed by atoms with Crippen LogP contribution in [0.15, 0.2) is 18.2 Å². The van der Waals surface area contributed by atoms with Crippen LogP contribution in [0.5, 0.6) is 11.5 Å². The molecule has 3 N–H and O–H groups in total. The Morgan fingerprint density at radius 2 is 2.00 bits per heavy atom. The van der Waals surface area contributed by atoms with Crippen LogP contribution in [0.25, 0.3) is 0 Å². The minimum atomic E-state index is -0.187. The summed E-state index contributed by atoms with van der Waals surface area (Å²) in [6.07, 6.45) is 5.53. The fraction of sp³-hybridized carbons (Fsp3) is 0.600. The number of aromatic hydroxyl groups is 1. The summed E-state index contributed by atoms with van der Waals surface area (Å²) in [7, 11) is 1.61. The van der Waals surface area contributed by atoms with E-state index in [9.17, 15) is 10.2 Å². The Morgan fingerprint density at radius 1 is 1.26 bits per heavy atom. The normalized spacial score (nSPS) is 18.2. The van der Waals surface area contributed by atoms with E-state index in [0.717, 1.165) is 37.0 Å². The van der Waals surface area contributed by atoms with Crippen molar-refractivity contribution in [1.29, 1.82) is 0 Å². The number of methoxy groups -OCH3 is 1. The molecule has 1 aromatic rings. The van der Waals surface area contributed by atoms with Crippen LogP contribution in [-0.2, 0) is 6.54 Å². The quantitative estimate of drug-likeness (QED) is 0.763. The molecule has 19 heavy (non-hydrogen) atoms. The summed E-state index contributed by atoms with van der Waals surface area (Å²) in [5.41, 5.74) is 0.617. The van der Waals surface area contributed by atoms with Crippen LogP contribution in [0.3, 0.4) is 0 Å². The minimum Gasteiger partial charge on any atom is -0.508 e. The van der Waals surface area contributed by atoms with Crippen molar-refractivity contribution < 1.29 is 14.9 Å². The first-order valence-corrected chi connectivity index (χ1v) is 6.91. The van der Waals surface area contributed by atoms with Crippen molar-refractivity contribution >= 4 is 0 Å². The lowest BCUT2D eigenvalue weighted by Crippen LogP contribution is -2.49. The lowest BCUT2D eigenvalue weighted by atomic mass is 9.82. The lowest BCUT2D eigenvalue weighted by molar-refractivity contribution is 0.119. The topological polar surface area (TPSA) is 61.7 Å². The molecule has 1 aromatic carbocycles. The summed E-state index contributed by atoms with van der Waals surface area (Å²) in [6, 6.07) is 5.21. The Kier molecular flexibility index (Phi) is 4.66. The first kappa shape index (κ1) is 14.2. The zero-order chi connectivity index (χ0) is 13.7. The van der Waals surface area contributed by atoms with Gasteiger partial charge in [-0.25, -0.2) is 0 Å². The first-order chi connectivity index (χ1) is 9.19. The number of ether oxygens (including phenoxy) is 1. The molecule has 106 valence electrons. The van der Waals surface area contributed by atoms with Crippen molar-refractivity contribution in [2.24, 2.45) is 0 Å². The summed E-state index contributed by atoms with van der Waals surface area (Å²) in [4.78, 5) is 0. The van der Waals surface area contributed by atoms with E-state index in [4.69, 9.17) is 4.74 Å². The van der Waals surface area contributed by atoms with Crippen molar-refractivity contribution in [1.82, 2.24) is 5.32 Å². The van der Waals surface area contributed by atoms with E-state index < -0.39 is 0 Å². The van der Waals surface area contributed by atoms with Crippen LogP contribution >= 0.6 is 0 Å². The zero-order valence-corrected chi connectivity index (χ0v) is 11.5.